The van der Waals surface area contributed by atoms with E-state index >= 15 is 0 Å². The van der Waals surface area contributed by atoms with Crippen LogP contribution in [0, 0.1) is 0 Å². The van der Waals surface area contributed by atoms with Crippen LogP contribution in [0.25, 0.3) is 5.78 Å². The standard InChI is InChI=1S/C23H26N6O3/c1-27-9-10-28(22(31)18-14-29-8-3-7-24-23(29)26-18)15-19(27)21(30)25-13-16-5-6-20-17(12-16)4-2-11-32-20/h3,5-8,12,14,19H,2,4,9-11,13,15H2,1H3,(H,25,30). The van der Waals surface area contributed by atoms with Crippen LogP contribution < -0.4 is 10.1 Å². The molecule has 166 valence electrons. The van der Waals surface area contributed by atoms with E-state index in [2.05, 4.69) is 21.4 Å². The van der Waals surface area contributed by atoms with Gasteiger partial charge in [0.05, 0.1) is 6.61 Å². The maximum Gasteiger partial charge on any atom is 0.274 e. The molecule has 0 radical (unpaired) electrons. The van der Waals surface area contributed by atoms with Crippen molar-refractivity contribution in [2.45, 2.75) is 25.4 Å². The quantitative estimate of drug-likeness (QED) is 0.662. The number of benzene rings is 1. The van der Waals surface area contributed by atoms with Gasteiger partial charge in [-0.25, -0.2) is 9.97 Å². The fraction of sp³-hybridized carbons (Fsp3) is 0.391. The molecule has 9 nitrogen and oxygen atoms in total. The molecule has 1 unspecified atom stereocenters. The van der Waals surface area contributed by atoms with Crippen LogP contribution in [0.3, 0.4) is 0 Å². The van der Waals surface area contributed by atoms with Crippen molar-refractivity contribution in [3.8, 4) is 5.75 Å². The van der Waals surface area contributed by atoms with Crippen LogP contribution in [0.15, 0.2) is 42.9 Å². The Hall–Kier alpha value is -3.46. The fourth-order valence-electron chi connectivity index (χ4n) is 4.27. The summed E-state index contributed by atoms with van der Waals surface area (Å²) >= 11 is 0. The topological polar surface area (TPSA) is 92.1 Å². The lowest BCUT2D eigenvalue weighted by Crippen LogP contribution is -2.58. The highest BCUT2D eigenvalue weighted by Gasteiger charge is 2.33. The van der Waals surface area contributed by atoms with Crippen molar-refractivity contribution in [2.75, 3.05) is 33.3 Å². The summed E-state index contributed by atoms with van der Waals surface area (Å²) in [4.78, 5) is 38.2. The highest BCUT2D eigenvalue weighted by molar-refractivity contribution is 5.93. The summed E-state index contributed by atoms with van der Waals surface area (Å²) in [6, 6.07) is 7.44. The summed E-state index contributed by atoms with van der Waals surface area (Å²) < 4.78 is 7.38. The van der Waals surface area contributed by atoms with E-state index in [0.717, 1.165) is 30.8 Å². The van der Waals surface area contributed by atoms with Gasteiger partial charge in [0.2, 0.25) is 11.7 Å². The molecule has 0 bridgehead atoms. The number of hydrogen-bond donors (Lipinski definition) is 1. The molecule has 1 atom stereocenters. The molecule has 3 aromatic rings. The molecule has 0 spiro atoms. The number of carbonyl (C=O) groups is 2. The SMILES string of the molecule is CN1CCN(C(=O)c2cn3cccnc3n2)CC1C(=O)NCc1ccc2c(c1)CCCO2. The molecule has 0 aliphatic carbocycles. The van der Waals surface area contributed by atoms with Crippen molar-refractivity contribution in [3.63, 3.8) is 0 Å². The van der Waals surface area contributed by atoms with Gasteiger partial charge in [0.15, 0.2) is 0 Å². The van der Waals surface area contributed by atoms with Gasteiger partial charge in [-0.2, -0.15) is 0 Å². The van der Waals surface area contributed by atoms with Gasteiger partial charge >= 0.3 is 0 Å². The first-order chi connectivity index (χ1) is 15.6. The molecule has 5 rings (SSSR count). The first kappa shape index (κ1) is 20.4. The van der Waals surface area contributed by atoms with E-state index in [9.17, 15) is 9.59 Å². The van der Waals surface area contributed by atoms with Gasteiger partial charge in [0.25, 0.3) is 5.91 Å². The van der Waals surface area contributed by atoms with Gasteiger partial charge in [-0.15, -0.1) is 0 Å². The van der Waals surface area contributed by atoms with Crippen LogP contribution in [0.4, 0.5) is 0 Å². The molecule has 1 saturated heterocycles. The Balaban J connectivity index is 1.23. The van der Waals surface area contributed by atoms with E-state index in [1.54, 1.807) is 34.0 Å². The number of amides is 2. The molecule has 2 aromatic heterocycles. The Kier molecular flexibility index (Phi) is 5.48. The van der Waals surface area contributed by atoms with Crippen LogP contribution in [0.2, 0.25) is 0 Å². The number of hydrogen-bond acceptors (Lipinski definition) is 6. The normalized spacial score (nSPS) is 18.8. The smallest absolute Gasteiger partial charge is 0.274 e. The molecule has 2 aliphatic heterocycles. The molecular formula is C23H26N6O3. The molecule has 1 N–H and O–H groups in total. The Morgan fingerprint density at radius 1 is 1.28 bits per heavy atom. The lowest BCUT2D eigenvalue weighted by atomic mass is 10.0. The minimum atomic E-state index is -0.413. The Morgan fingerprint density at radius 3 is 3.06 bits per heavy atom. The lowest BCUT2D eigenvalue weighted by molar-refractivity contribution is -0.127. The highest BCUT2D eigenvalue weighted by atomic mass is 16.5. The van der Waals surface area contributed by atoms with E-state index in [1.807, 2.05) is 24.1 Å². The number of rotatable bonds is 4. The van der Waals surface area contributed by atoms with Crippen molar-refractivity contribution in [1.29, 1.82) is 0 Å². The largest absolute Gasteiger partial charge is 0.493 e. The molecule has 4 heterocycles. The van der Waals surface area contributed by atoms with Crippen molar-refractivity contribution in [1.82, 2.24) is 29.5 Å². The van der Waals surface area contributed by atoms with Gasteiger partial charge in [0, 0.05) is 44.8 Å². The first-order valence-corrected chi connectivity index (χ1v) is 10.9. The highest BCUT2D eigenvalue weighted by Crippen LogP contribution is 2.25. The van der Waals surface area contributed by atoms with Crippen LogP contribution >= 0.6 is 0 Å². The predicted octanol–water partition coefficient (Wildman–Crippen LogP) is 1.13. The summed E-state index contributed by atoms with van der Waals surface area (Å²) in [6.45, 7) is 2.69. The number of imidazole rings is 1. The van der Waals surface area contributed by atoms with Gasteiger partial charge in [0.1, 0.15) is 17.5 Å². The predicted molar refractivity (Wildman–Crippen MR) is 117 cm³/mol. The van der Waals surface area contributed by atoms with Gasteiger partial charge in [-0.05, 0) is 43.1 Å². The van der Waals surface area contributed by atoms with Crippen LogP contribution in [0.5, 0.6) is 5.75 Å². The molecule has 9 heteroatoms. The lowest BCUT2D eigenvalue weighted by Gasteiger charge is -2.38. The maximum absolute atomic E-state index is 13.0. The second kappa shape index (κ2) is 8.58. The fourth-order valence-corrected chi connectivity index (χ4v) is 4.27. The second-order valence-electron chi connectivity index (χ2n) is 8.31. The average molecular weight is 435 g/mol. The number of nitrogens with zero attached hydrogens (tertiary/aromatic N) is 5. The number of aryl methyl sites for hydroxylation is 1. The average Bonchev–Trinajstić information content (AvgIpc) is 3.26. The van der Waals surface area contributed by atoms with Crippen LogP contribution in [-0.4, -0.2) is 75.3 Å². The molecule has 32 heavy (non-hydrogen) atoms. The van der Waals surface area contributed by atoms with E-state index in [1.165, 1.54) is 5.56 Å². The zero-order chi connectivity index (χ0) is 22.1. The van der Waals surface area contributed by atoms with E-state index in [0.29, 0.717) is 37.7 Å². The number of aromatic nitrogens is 3. The number of ether oxygens (including phenoxy) is 1. The summed E-state index contributed by atoms with van der Waals surface area (Å²) in [7, 11) is 1.91. The number of piperazine rings is 1. The third-order valence-corrected chi connectivity index (χ3v) is 6.13. The van der Waals surface area contributed by atoms with E-state index in [4.69, 9.17) is 4.74 Å². The molecular weight excluding hydrogens is 408 g/mol. The van der Waals surface area contributed by atoms with Gasteiger partial charge < -0.3 is 15.0 Å². The number of carbonyl (C=O) groups excluding carboxylic acids is 2. The van der Waals surface area contributed by atoms with Crippen molar-refractivity contribution in [2.24, 2.45) is 0 Å². The Bertz CT molecular complexity index is 1130. The molecule has 0 saturated carbocycles. The molecule has 2 amide bonds. The number of likely N-dealkylation sites (N-methyl/N-ethyl adjacent to an activating group) is 1. The Morgan fingerprint density at radius 2 is 2.19 bits per heavy atom. The summed E-state index contributed by atoms with van der Waals surface area (Å²) in [5.41, 5.74) is 2.58. The summed E-state index contributed by atoms with van der Waals surface area (Å²) in [6.07, 6.45) is 7.14. The first-order valence-electron chi connectivity index (χ1n) is 10.9. The maximum atomic E-state index is 13.0. The van der Waals surface area contributed by atoms with Gasteiger partial charge in [-0.3, -0.25) is 18.9 Å². The van der Waals surface area contributed by atoms with Crippen molar-refractivity contribution >= 4 is 17.6 Å². The second-order valence-corrected chi connectivity index (χ2v) is 8.31. The number of fused-ring (bicyclic) bond motifs is 2. The van der Waals surface area contributed by atoms with E-state index < -0.39 is 6.04 Å². The number of nitrogens with one attached hydrogen (secondary N) is 1. The summed E-state index contributed by atoms with van der Waals surface area (Å²) in [5.74, 6) is 1.15. The zero-order valence-electron chi connectivity index (χ0n) is 18.0. The third kappa shape index (κ3) is 4.03. The third-order valence-electron chi connectivity index (χ3n) is 6.13. The molecule has 2 aliphatic rings. The van der Waals surface area contributed by atoms with E-state index in [-0.39, 0.29) is 11.8 Å². The van der Waals surface area contributed by atoms with Crippen LogP contribution in [0.1, 0.15) is 28.0 Å². The Labute approximate surface area is 186 Å². The molecule has 1 aromatic carbocycles. The van der Waals surface area contributed by atoms with Crippen molar-refractivity contribution in [3.05, 3.63) is 59.7 Å². The van der Waals surface area contributed by atoms with Crippen molar-refractivity contribution < 1.29 is 14.3 Å². The van der Waals surface area contributed by atoms with Crippen LogP contribution in [-0.2, 0) is 17.8 Å². The molecule has 1 fully saturated rings. The van der Waals surface area contributed by atoms with Gasteiger partial charge in [-0.1, -0.05) is 12.1 Å². The minimum Gasteiger partial charge on any atom is -0.493 e. The minimum absolute atomic E-state index is 0.0874. The monoisotopic (exact) mass is 434 g/mol. The summed E-state index contributed by atoms with van der Waals surface area (Å²) in [5, 5.41) is 3.04. The zero-order valence-corrected chi connectivity index (χ0v) is 18.0.